The maximum Gasteiger partial charge on any atom is 0.312 e. The topological polar surface area (TPSA) is 72.5 Å². The van der Waals surface area contributed by atoms with Crippen molar-refractivity contribution in [3.05, 3.63) is 35.1 Å². The molecule has 88 valence electrons. The third-order valence-electron chi connectivity index (χ3n) is 2.32. The fraction of sp³-hybridized carbons (Fsp3) is 0.364. The highest BCUT2D eigenvalue weighted by Gasteiger charge is 2.22. The average Bonchev–Trinajstić information content (AvgIpc) is 2.24. The fourth-order valence-corrected chi connectivity index (χ4v) is 1.50. The Morgan fingerprint density at radius 2 is 2.31 bits per heavy atom. The summed E-state index contributed by atoms with van der Waals surface area (Å²) in [6, 6.07) is 4.58. The Kier molecular flexibility index (Phi) is 4.39. The fourth-order valence-electron chi connectivity index (χ4n) is 1.50. The molecular weight excluding hydrogens is 213 g/mol. The number of methoxy groups -OCH3 is 1. The molecular formula is C11H14FNO3. The highest BCUT2D eigenvalue weighted by atomic mass is 19.1. The van der Waals surface area contributed by atoms with Crippen LogP contribution in [-0.4, -0.2) is 24.7 Å². The van der Waals surface area contributed by atoms with E-state index in [1.54, 1.807) is 12.1 Å². The van der Waals surface area contributed by atoms with Crippen LogP contribution < -0.4 is 5.73 Å². The number of carbonyl (C=O) groups is 1. The van der Waals surface area contributed by atoms with Crippen molar-refractivity contribution < 1.29 is 19.0 Å². The second-order valence-electron chi connectivity index (χ2n) is 3.38. The Hall–Kier alpha value is -1.46. The Balaban J connectivity index is 3.12. The van der Waals surface area contributed by atoms with E-state index in [1.807, 2.05) is 0 Å². The summed E-state index contributed by atoms with van der Waals surface area (Å²) in [7, 11) is 1.45. The molecule has 0 aromatic heterocycles. The number of aliphatic carboxylic acids is 1. The zero-order valence-corrected chi connectivity index (χ0v) is 8.94. The van der Waals surface area contributed by atoms with Crippen LogP contribution in [0.5, 0.6) is 0 Å². The van der Waals surface area contributed by atoms with Crippen molar-refractivity contribution in [3.8, 4) is 0 Å². The van der Waals surface area contributed by atoms with Gasteiger partial charge in [-0.2, -0.15) is 0 Å². The largest absolute Gasteiger partial charge is 0.481 e. The molecule has 1 aromatic carbocycles. The molecule has 0 amide bonds. The molecule has 0 saturated carbocycles. The number of halogens is 1. The quantitative estimate of drug-likeness (QED) is 0.790. The van der Waals surface area contributed by atoms with E-state index in [1.165, 1.54) is 13.2 Å². The maximum atomic E-state index is 13.9. The summed E-state index contributed by atoms with van der Waals surface area (Å²) in [6.07, 6.45) is 0. The van der Waals surface area contributed by atoms with Gasteiger partial charge in [0.15, 0.2) is 0 Å². The standard InChI is InChI=1S/C11H14FNO3/c1-16-6-7-3-2-4-8(10(7)12)9(5-13)11(14)15/h2-4,9H,5-6,13H2,1H3,(H,14,15). The molecule has 0 saturated heterocycles. The lowest BCUT2D eigenvalue weighted by Gasteiger charge is -2.13. The van der Waals surface area contributed by atoms with Crippen molar-refractivity contribution >= 4 is 5.97 Å². The molecule has 1 unspecified atom stereocenters. The highest BCUT2D eigenvalue weighted by molar-refractivity contribution is 5.76. The summed E-state index contributed by atoms with van der Waals surface area (Å²) in [4.78, 5) is 10.9. The minimum atomic E-state index is -1.13. The number of hydrogen-bond acceptors (Lipinski definition) is 3. The first-order valence-corrected chi connectivity index (χ1v) is 4.81. The number of benzene rings is 1. The molecule has 0 aliphatic rings. The maximum absolute atomic E-state index is 13.9. The molecule has 3 N–H and O–H groups in total. The van der Waals surface area contributed by atoms with E-state index < -0.39 is 17.7 Å². The van der Waals surface area contributed by atoms with Crippen molar-refractivity contribution in [2.24, 2.45) is 5.73 Å². The van der Waals surface area contributed by atoms with Crippen molar-refractivity contribution in [2.45, 2.75) is 12.5 Å². The van der Waals surface area contributed by atoms with E-state index >= 15 is 0 Å². The van der Waals surface area contributed by atoms with Gasteiger partial charge in [0.25, 0.3) is 0 Å². The first-order valence-electron chi connectivity index (χ1n) is 4.81. The number of nitrogens with two attached hydrogens (primary N) is 1. The summed E-state index contributed by atoms with van der Waals surface area (Å²) in [5.41, 5.74) is 5.75. The smallest absolute Gasteiger partial charge is 0.312 e. The molecule has 0 spiro atoms. The van der Waals surface area contributed by atoms with Gasteiger partial charge in [-0.25, -0.2) is 4.39 Å². The van der Waals surface area contributed by atoms with Gasteiger partial charge >= 0.3 is 5.97 Å². The van der Waals surface area contributed by atoms with Gasteiger partial charge in [-0.3, -0.25) is 4.79 Å². The highest BCUT2D eigenvalue weighted by Crippen LogP contribution is 2.22. The third kappa shape index (κ3) is 2.56. The van der Waals surface area contributed by atoms with Gasteiger partial charge in [-0.05, 0) is 0 Å². The van der Waals surface area contributed by atoms with Crippen molar-refractivity contribution in [3.63, 3.8) is 0 Å². The lowest BCUT2D eigenvalue weighted by Crippen LogP contribution is -2.22. The van der Waals surface area contributed by atoms with E-state index in [9.17, 15) is 9.18 Å². The Morgan fingerprint density at radius 3 is 2.81 bits per heavy atom. The summed E-state index contributed by atoms with van der Waals surface area (Å²) in [6.45, 7) is -0.0285. The number of hydrogen-bond donors (Lipinski definition) is 2. The summed E-state index contributed by atoms with van der Waals surface area (Å²) < 4.78 is 18.7. The van der Waals surface area contributed by atoms with Crippen molar-refractivity contribution in [1.29, 1.82) is 0 Å². The van der Waals surface area contributed by atoms with Crippen LogP contribution in [0.2, 0.25) is 0 Å². The third-order valence-corrected chi connectivity index (χ3v) is 2.32. The molecule has 0 radical (unpaired) electrons. The predicted octanol–water partition coefficient (Wildman–Crippen LogP) is 1.10. The molecule has 1 rings (SSSR count). The SMILES string of the molecule is COCc1cccc(C(CN)C(=O)O)c1F. The van der Waals surface area contributed by atoms with Crippen LogP contribution in [-0.2, 0) is 16.1 Å². The first kappa shape index (κ1) is 12.6. The molecule has 4 nitrogen and oxygen atoms in total. The van der Waals surface area contributed by atoms with Gasteiger partial charge in [0, 0.05) is 24.8 Å². The molecule has 5 heteroatoms. The molecule has 0 heterocycles. The lowest BCUT2D eigenvalue weighted by molar-refractivity contribution is -0.138. The molecule has 0 aliphatic heterocycles. The van der Waals surface area contributed by atoms with E-state index in [0.717, 1.165) is 0 Å². The van der Waals surface area contributed by atoms with E-state index in [2.05, 4.69) is 0 Å². The zero-order chi connectivity index (χ0) is 12.1. The van der Waals surface area contributed by atoms with Gasteiger partial charge in [-0.1, -0.05) is 18.2 Å². The van der Waals surface area contributed by atoms with Gasteiger partial charge < -0.3 is 15.6 Å². The first-order chi connectivity index (χ1) is 7.61. The van der Waals surface area contributed by atoms with Gasteiger partial charge in [-0.15, -0.1) is 0 Å². The molecule has 1 aromatic rings. The number of carboxylic acids is 1. The minimum absolute atomic E-state index is 0.101. The molecule has 1 atom stereocenters. The van der Waals surface area contributed by atoms with Crippen molar-refractivity contribution in [2.75, 3.05) is 13.7 Å². The zero-order valence-electron chi connectivity index (χ0n) is 8.94. The second kappa shape index (κ2) is 5.58. The monoisotopic (exact) mass is 227 g/mol. The summed E-state index contributed by atoms with van der Waals surface area (Å²) in [5.74, 6) is -2.70. The van der Waals surface area contributed by atoms with E-state index in [0.29, 0.717) is 5.56 Å². The predicted molar refractivity (Wildman–Crippen MR) is 56.5 cm³/mol. The normalized spacial score (nSPS) is 12.4. The average molecular weight is 227 g/mol. The van der Waals surface area contributed by atoms with Crippen LogP contribution in [0.1, 0.15) is 17.0 Å². The van der Waals surface area contributed by atoms with Crippen LogP contribution in [0.4, 0.5) is 4.39 Å². The lowest BCUT2D eigenvalue weighted by atomic mass is 9.97. The Labute approximate surface area is 92.8 Å². The van der Waals surface area contributed by atoms with E-state index in [4.69, 9.17) is 15.6 Å². The molecule has 0 fully saturated rings. The molecule has 0 bridgehead atoms. The minimum Gasteiger partial charge on any atom is -0.481 e. The molecule has 16 heavy (non-hydrogen) atoms. The number of rotatable bonds is 5. The van der Waals surface area contributed by atoms with Gasteiger partial charge in [0.2, 0.25) is 0 Å². The van der Waals surface area contributed by atoms with Gasteiger partial charge in [0.05, 0.1) is 12.5 Å². The van der Waals surface area contributed by atoms with Crippen LogP contribution in [0.25, 0.3) is 0 Å². The Bertz CT molecular complexity index is 381. The van der Waals surface area contributed by atoms with Gasteiger partial charge in [0.1, 0.15) is 5.82 Å². The molecule has 0 aliphatic carbocycles. The van der Waals surface area contributed by atoms with Crippen LogP contribution in [0.3, 0.4) is 0 Å². The Morgan fingerprint density at radius 1 is 1.62 bits per heavy atom. The summed E-state index contributed by atoms with van der Waals surface area (Å²) >= 11 is 0. The van der Waals surface area contributed by atoms with E-state index in [-0.39, 0.29) is 18.7 Å². The van der Waals surface area contributed by atoms with Crippen LogP contribution >= 0.6 is 0 Å². The van der Waals surface area contributed by atoms with Crippen LogP contribution in [0, 0.1) is 5.82 Å². The second-order valence-corrected chi connectivity index (χ2v) is 3.38. The summed E-state index contributed by atoms with van der Waals surface area (Å²) in [5, 5.41) is 8.89. The number of carboxylic acid groups (broad SMARTS) is 1. The van der Waals surface area contributed by atoms with Crippen LogP contribution in [0.15, 0.2) is 18.2 Å². The van der Waals surface area contributed by atoms with Crippen molar-refractivity contribution in [1.82, 2.24) is 0 Å². The number of ether oxygens (including phenoxy) is 1.